The minimum atomic E-state index is -4.81. The number of nitrogens with one attached hydrogen (secondary N) is 1. The van der Waals surface area contributed by atoms with Gasteiger partial charge in [0, 0.05) is 29.9 Å². The molecule has 1 N–H and O–H groups in total. The van der Waals surface area contributed by atoms with E-state index >= 15 is 0 Å². The average Bonchev–Trinajstić information content (AvgIpc) is 3.43. The normalized spacial score (nSPS) is 34.4. The third-order valence-electron chi connectivity index (χ3n) is 7.03. The Labute approximate surface area is 185 Å². The van der Waals surface area contributed by atoms with Crippen LogP contribution in [0.5, 0.6) is 0 Å². The van der Waals surface area contributed by atoms with Crippen molar-refractivity contribution in [3.8, 4) is 0 Å². The Kier molecular flexibility index (Phi) is 6.38. The summed E-state index contributed by atoms with van der Waals surface area (Å²) in [4.78, 5) is 22.5. The molecule has 2 aliphatic carbocycles. The lowest BCUT2D eigenvalue weighted by atomic mass is 9.86. The first-order valence-corrected chi connectivity index (χ1v) is 12.3. The largest absolute Gasteiger partial charge is 0.453 e. The number of halogens is 2. The fourth-order valence-corrected chi connectivity index (χ4v) is 6.12. The zero-order valence-corrected chi connectivity index (χ0v) is 18.8. The average molecular weight is 475 g/mol. The first kappa shape index (κ1) is 23.2. The summed E-state index contributed by atoms with van der Waals surface area (Å²) >= 11 is 0. The van der Waals surface area contributed by atoms with Crippen LogP contribution in [0.25, 0.3) is 0 Å². The third-order valence-corrected chi connectivity index (χ3v) is 8.13. The van der Waals surface area contributed by atoms with Crippen molar-refractivity contribution in [3.63, 3.8) is 0 Å². The zero-order valence-electron chi connectivity index (χ0n) is 18.0. The molecule has 4 rings (SSSR count). The van der Waals surface area contributed by atoms with Crippen molar-refractivity contribution in [2.75, 3.05) is 13.7 Å². The van der Waals surface area contributed by atoms with Crippen molar-refractivity contribution in [3.05, 3.63) is 24.3 Å². The monoisotopic (exact) mass is 474 g/mol. The highest BCUT2D eigenvalue weighted by molar-refractivity contribution is 7.89. The van der Waals surface area contributed by atoms with E-state index < -0.39 is 34.0 Å². The van der Waals surface area contributed by atoms with Crippen molar-refractivity contribution < 1.29 is 31.5 Å². The van der Waals surface area contributed by atoms with Crippen LogP contribution >= 0.6 is 0 Å². The number of carbonyl (C=O) groups is 1. The number of hydrogen-bond acceptors (Lipinski definition) is 7. The number of nitrogens with zero attached hydrogens (tertiary/aromatic N) is 3. The Bertz CT molecular complexity index is 937. The number of amides is 1. The standard InChI is InChI=1S/C20H28F2N4O5S/c1-12-8-15(25-32(28,29)18(21)22)16(26(12)19(27)30-2)11-31-14-4-5-20(10-13(20)9-14)17-23-6-3-7-24-17/h3,6-7,12-16,18,25H,4-5,8-11H2,1-2H3/t12-,13?,14-,15+,16+,20+/m1/s1. The Hall–Kier alpha value is -1.92. The van der Waals surface area contributed by atoms with Crippen LogP contribution < -0.4 is 4.72 Å². The molecule has 1 aromatic heterocycles. The number of likely N-dealkylation sites (tertiary alicyclic amines) is 1. The molecule has 3 fully saturated rings. The van der Waals surface area contributed by atoms with E-state index in [2.05, 4.69) is 14.7 Å². The van der Waals surface area contributed by atoms with Gasteiger partial charge in [0.1, 0.15) is 5.82 Å². The number of carbonyl (C=O) groups excluding carboxylic acids is 1. The predicted molar refractivity (Wildman–Crippen MR) is 109 cm³/mol. The maximum atomic E-state index is 12.9. The van der Waals surface area contributed by atoms with Crippen molar-refractivity contribution in [1.29, 1.82) is 0 Å². The van der Waals surface area contributed by atoms with Crippen LogP contribution in [0.3, 0.4) is 0 Å². The minimum absolute atomic E-state index is 0.0104. The molecule has 6 atom stereocenters. The van der Waals surface area contributed by atoms with Crippen LogP contribution in [0.1, 0.15) is 44.9 Å². The van der Waals surface area contributed by atoms with Crippen LogP contribution in [-0.4, -0.2) is 73.1 Å². The van der Waals surface area contributed by atoms with Gasteiger partial charge in [-0.2, -0.15) is 8.78 Å². The summed E-state index contributed by atoms with van der Waals surface area (Å²) in [6.07, 6.45) is 6.46. The molecule has 12 heteroatoms. The first-order valence-electron chi connectivity index (χ1n) is 10.7. The minimum Gasteiger partial charge on any atom is -0.453 e. The molecule has 0 aromatic carbocycles. The second-order valence-electron chi connectivity index (χ2n) is 8.92. The molecule has 2 heterocycles. The summed E-state index contributed by atoms with van der Waals surface area (Å²) in [6.45, 7) is 1.75. The predicted octanol–water partition coefficient (Wildman–Crippen LogP) is 2.04. The molecule has 9 nitrogen and oxygen atoms in total. The van der Waals surface area contributed by atoms with E-state index in [9.17, 15) is 22.0 Å². The van der Waals surface area contributed by atoms with E-state index in [4.69, 9.17) is 9.47 Å². The summed E-state index contributed by atoms with van der Waals surface area (Å²) in [6, 6.07) is -0.224. The molecule has 0 spiro atoms. The summed E-state index contributed by atoms with van der Waals surface area (Å²) in [7, 11) is -3.58. The Balaban J connectivity index is 1.41. The number of alkyl halides is 2. The van der Waals surface area contributed by atoms with Crippen molar-refractivity contribution in [2.45, 2.75) is 74.4 Å². The molecule has 1 saturated heterocycles. The van der Waals surface area contributed by atoms with E-state index in [1.54, 1.807) is 25.4 Å². The summed E-state index contributed by atoms with van der Waals surface area (Å²) in [5, 5.41) is 0. The van der Waals surface area contributed by atoms with Crippen molar-refractivity contribution in [2.24, 2.45) is 5.92 Å². The van der Waals surface area contributed by atoms with Gasteiger partial charge < -0.3 is 9.47 Å². The molecule has 32 heavy (non-hydrogen) atoms. The molecule has 1 aromatic rings. The van der Waals surface area contributed by atoms with E-state index in [1.165, 1.54) is 12.0 Å². The number of sulfonamides is 1. The number of hydrogen-bond donors (Lipinski definition) is 1. The molecule has 1 aliphatic heterocycles. The van der Waals surface area contributed by atoms with E-state index in [0.717, 1.165) is 31.5 Å². The molecule has 2 saturated carbocycles. The molecule has 1 unspecified atom stereocenters. The highest BCUT2D eigenvalue weighted by atomic mass is 32.2. The quantitative estimate of drug-likeness (QED) is 0.644. The number of rotatable bonds is 7. The molecule has 0 bridgehead atoms. The van der Waals surface area contributed by atoms with Gasteiger partial charge in [-0.15, -0.1) is 0 Å². The van der Waals surface area contributed by atoms with E-state index in [-0.39, 0.29) is 30.6 Å². The summed E-state index contributed by atoms with van der Waals surface area (Å²) in [5.74, 6) is -2.27. The van der Waals surface area contributed by atoms with Gasteiger partial charge >= 0.3 is 11.9 Å². The van der Waals surface area contributed by atoms with Gasteiger partial charge in [0.2, 0.25) is 0 Å². The first-order chi connectivity index (χ1) is 15.2. The lowest BCUT2D eigenvalue weighted by molar-refractivity contribution is -0.0103. The summed E-state index contributed by atoms with van der Waals surface area (Å²) < 4.78 is 62.3. The number of fused-ring (bicyclic) bond motifs is 1. The maximum Gasteiger partial charge on any atom is 0.410 e. The highest BCUT2D eigenvalue weighted by Crippen LogP contribution is 2.61. The molecule has 3 aliphatic rings. The third kappa shape index (κ3) is 4.32. The zero-order chi connectivity index (χ0) is 23.1. The van der Waals surface area contributed by atoms with Gasteiger partial charge in [-0.05, 0) is 51.0 Å². The number of ether oxygens (including phenoxy) is 2. The molecule has 178 valence electrons. The summed E-state index contributed by atoms with van der Waals surface area (Å²) in [5.41, 5.74) is 0.0104. The van der Waals surface area contributed by atoms with Gasteiger partial charge in [-0.3, -0.25) is 4.90 Å². The smallest absolute Gasteiger partial charge is 0.410 e. The fourth-order valence-electron chi connectivity index (χ4n) is 5.34. The molecular formula is C20H28F2N4O5S. The molecule has 0 radical (unpaired) electrons. The van der Waals surface area contributed by atoms with Crippen LogP contribution in [-0.2, 0) is 24.9 Å². The Morgan fingerprint density at radius 2 is 2.06 bits per heavy atom. The van der Waals surface area contributed by atoms with E-state index in [0.29, 0.717) is 5.92 Å². The van der Waals surface area contributed by atoms with Crippen molar-refractivity contribution >= 4 is 16.1 Å². The SMILES string of the molecule is COC(=O)N1[C@H](C)C[C@H](NS(=O)(=O)C(F)F)[C@@H]1CO[C@@H]1CC[C@]2(c3ncccn3)CC2C1. The topological polar surface area (TPSA) is 111 Å². The van der Waals surface area contributed by atoms with Crippen LogP contribution in [0.15, 0.2) is 18.5 Å². The lowest BCUT2D eigenvalue weighted by Crippen LogP contribution is -2.51. The van der Waals surface area contributed by atoms with Crippen molar-refractivity contribution in [1.82, 2.24) is 19.6 Å². The molecule has 1 amide bonds. The number of methoxy groups -OCH3 is 1. The van der Waals surface area contributed by atoms with Gasteiger partial charge in [0.05, 0.1) is 25.9 Å². The van der Waals surface area contributed by atoms with Gasteiger partial charge in [0.15, 0.2) is 0 Å². The van der Waals surface area contributed by atoms with E-state index in [1.807, 2.05) is 0 Å². The maximum absolute atomic E-state index is 12.9. The second-order valence-corrected chi connectivity index (χ2v) is 10.6. The fraction of sp³-hybridized carbons (Fsp3) is 0.750. The van der Waals surface area contributed by atoms with Gasteiger partial charge in [-0.25, -0.2) is 27.9 Å². The molecular weight excluding hydrogens is 446 g/mol. The van der Waals surface area contributed by atoms with Crippen LogP contribution in [0.4, 0.5) is 13.6 Å². The Morgan fingerprint density at radius 1 is 1.34 bits per heavy atom. The lowest BCUT2D eigenvalue weighted by Gasteiger charge is -2.32. The number of aromatic nitrogens is 2. The van der Waals surface area contributed by atoms with Crippen LogP contribution in [0, 0.1) is 5.92 Å². The van der Waals surface area contributed by atoms with Gasteiger partial charge in [-0.1, -0.05) is 0 Å². The van der Waals surface area contributed by atoms with Crippen LogP contribution in [0.2, 0.25) is 0 Å². The highest BCUT2D eigenvalue weighted by Gasteiger charge is 2.60. The van der Waals surface area contributed by atoms with Gasteiger partial charge in [0.25, 0.3) is 10.0 Å². The second kappa shape index (κ2) is 8.79. The Morgan fingerprint density at radius 3 is 2.69 bits per heavy atom.